The second-order valence-corrected chi connectivity index (χ2v) is 6.47. The van der Waals surface area contributed by atoms with E-state index in [0.717, 1.165) is 56.6 Å². The van der Waals surface area contributed by atoms with Crippen LogP contribution in [0.2, 0.25) is 0 Å². The Labute approximate surface area is 164 Å². The molecule has 0 amide bonds. The van der Waals surface area contributed by atoms with Gasteiger partial charge in [0.15, 0.2) is 5.96 Å². The van der Waals surface area contributed by atoms with E-state index in [0.29, 0.717) is 6.04 Å². The first-order valence-corrected chi connectivity index (χ1v) is 8.98. The van der Waals surface area contributed by atoms with Crippen molar-refractivity contribution in [1.82, 2.24) is 25.4 Å². The van der Waals surface area contributed by atoms with E-state index in [9.17, 15) is 0 Å². The Bertz CT molecular complexity index is 458. The smallest absolute Gasteiger partial charge is 0.191 e. The Hall–Kier alpha value is -0.860. The second-order valence-electron chi connectivity index (χ2n) is 6.47. The number of aromatic nitrogens is 3. The molecule has 0 aliphatic heterocycles. The third kappa shape index (κ3) is 9.44. The molecule has 1 aromatic rings. The first kappa shape index (κ1) is 23.1. The average molecular weight is 450 g/mol. The normalized spacial score (nSPS) is 12.8. The molecule has 0 saturated carbocycles. The summed E-state index contributed by atoms with van der Waals surface area (Å²) in [5.41, 5.74) is 0. The Morgan fingerprint density at radius 3 is 2.62 bits per heavy atom. The summed E-state index contributed by atoms with van der Waals surface area (Å²) in [4.78, 5) is 4.62. The molecule has 1 unspecified atom stereocenters. The lowest BCUT2D eigenvalue weighted by Crippen LogP contribution is -2.43. The van der Waals surface area contributed by atoms with Crippen molar-refractivity contribution < 1.29 is 0 Å². The number of nitrogens with zero attached hydrogens (tertiary/aromatic N) is 4. The third-order valence-electron chi connectivity index (χ3n) is 3.71. The molecule has 0 fully saturated rings. The molecule has 0 aromatic carbocycles. The molecule has 0 saturated heterocycles. The van der Waals surface area contributed by atoms with Crippen LogP contribution in [0.5, 0.6) is 0 Å². The number of aryl methyl sites for hydroxylation is 1. The lowest BCUT2D eigenvalue weighted by molar-refractivity contribution is 0.487. The highest BCUT2D eigenvalue weighted by Gasteiger charge is 2.07. The lowest BCUT2D eigenvalue weighted by Gasteiger charge is -2.19. The standard InChI is InChI=1S/C17H34N6.HI/c1-6-10-18-17(21-15(5)9-8-14(3)4)19-11-12-23-13-20-22-16(23)7-2;/h13-15H,6-12H2,1-5H3,(H2,18,19,21);1H. The van der Waals surface area contributed by atoms with E-state index in [4.69, 9.17) is 0 Å². The van der Waals surface area contributed by atoms with Gasteiger partial charge in [-0.15, -0.1) is 34.2 Å². The molecular weight excluding hydrogens is 415 g/mol. The molecule has 0 radical (unpaired) electrons. The van der Waals surface area contributed by atoms with Crippen molar-refractivity contribution in [2.45, 2.75) is 72.9 Å². The molecule has 0 spiro atoms. The van der Waals surface area contributed by atoms with E-state index in [-0.39, 0.29) is 24.0 Å². The molecule has 7 heteroatoms. The molecule has 1 aromatic heterocycles. The highest BCUT2D eigenvalue weighted by Crippen LogP contribution is 2.06. The van der Waals surface area contributed by atoms with Crippen molar-refractivity contribution in [3.05, 3.63) is 12.2 Å². The molecule has 6 nitrogen and oxygen atoms in total. The monoisotopic (exact) mass is 450 g/mol. The highest BCUT2D eigenvalue weighted by atomic mass is 127. The van der Waals surface area contributed by atoms with Gasteiger partial charge in [0.25, 0.3) is 0 Å². The van der Waals surface area contributed by atoms with Gasteiger partial charge < -0.3 is 15.2 Å². The second kappa shape index (κ2) is 13.4. The fraction of sp³-hybridized carbons (Fsp3) is 0.824. The van der Waals surface area contributed by atoms with E-state index in [1.165, 1.54) is 6.42 Å². The molecule has 0 aliphatic carbocycles. The fourth-order valence-electron chi connectivity index (χ4n) is 2.30. The fourth-order valence-corrected chi connectivity index (χ4v) is 2.30. The first-order chi connectivity index (χ1) is 11.1. The SMILES string of the molecule is CCCN=C(NCCn1cnnc1CC)NC(C)CCC(C)C.I. The highest BCUT2D eigenvalue weighted by molar-refractivity contribution is 14.0. The van der Waals surface area contributed by atoms with Crippen LogP contribution in [0.3, 0.4) is 0 Å². The number of hydrogen-bond acceptors (Lipinski definition) is 3. The number of guanidine groups is 1. The minimum absolute atomic E-state index is 0. The summed E-state index contributed by atoms with van der Waals surface area (Å²) in [6, 6.07) is 0.432. The first-order valence-electron chi connectivity index (χ1n) is 8.98. The Balaban J connectivity index is 0.00000529. The molecule has 140 valence electrons. The van der Waals surface area contributed by atoms with Crippen LogP contribution < -0.4 is 10.6 Å². The third-order valence-corrected chi connectivity index (χ3v) is 3.71. The van der Waals surface area contributed by atoms with Crippen LogP contribution in [-0.4, -0.2) is 39.9 Å². The largest absolute Gasteiger partial charge is 0.355 e. The lowest BCUT2D eigenvalue weighted by atomic mass is 10.0. The zero-order chi connectivity index (χ0) is 17.1. The summed E-state index contributed by atoms with van der Waals surface area (Å²) in [5, 5.41) is 15.0. The molecule has 0 aliphatic rings. The number of rotatable bonds is 10. The van der Waals surface area contributed by atoms with E-state index < -0.39 is 0 Å². The quantitative estimate of drug-likeness (QED) is 0.326. The van der Waals surface area contributed by atoms with Crippen LogP contribution in [0, 0.1) is 5.92 Å². The Kier molecular flexibility index (Phi) is 13.0. The van der Waals surface area contributed by atoms with Gasteiger partial charge in [-0.05, 0) is 32.1 Å². The molecule has 2 N–H and O–H groups in total. The summed E-state index contributed by atoms with van der Waals surface area (Å²) in [6.45, 7) is 13.5. The zero-order valence-electron chi connectivity index (χ0n) is 15.9. The van der Waals surface area contributed by atoms with Gasteiger partial charge in [-0.1, -0.05) is 27.7 Å². The van der Waals surface area contributed by atoms with Crippen molar-refractivity contribution in [3.63, 3.8) is 0 Å². The zero-order valence-corrected chi connectivity index (χ0v) is 18.2. The van der Waals surface area contributed by atoms with Crippen molar-refractivity contribution in [2.75, 3.05) is 13.1 Å². The van der Waals surface area contributed by atoms with Gasteiger partial charge in [0.05, 0.1) is 0 Å². The summed E-state index contributed by atoms with van der Waals surface area (Å²) in [5.74, 6) is 2.68. The van der Waals surface area contributed by atoms with Crippen LogP contribution in [0.15, 0.2) is 11.3 Å². The van der Waals surface area contributed by atoms with Crippen molar-refractivity contribution >= 4 is 29.9 Å². The van der Waals surface area contributed by atoms with Crippen molar-refractivity contribution in [1.29, 1.82) is 0 Å². The number of nitrogens with one attached hydrogen (secondary N) is 2. The van der Waals surface area contributed by atoms with Gasteiger partial charge in [-0.3, -0.25) is 4.99 Å². The Morgan fingerprint density at radius 1 is 1.25 bits per heavy atom. The molecule has 1 rings (SSSR count). The summed E-state index contributed by atoms with van der Waals surface area (Å²) in [7, 11) is 0. The van der Waals surface area contributed by atoms with Crippen molar-refractivity contribution in [2.24, 2.45) is 10.9 Å². The van der Waals surface area contributed by atoms with Gasteiger partial charge in [-0.25, -0.2) is 0 Å². The van der Waals surface area contributed by atoms with E-state index in [1.54, 1.807) is 6.33 Å². The van der Waals surface area contributed by atoms with Gasteiger partial charge in [0.1, 0.15) is 12.2 Å². The van der Waals surface area contributed by atoms with Crippen molar-refractivity contribution in [3.8, 4) is 0 Å². The van der Waals surface area contributed by atoms with E-state index in [1.807, 2.05) is 0 Å². The van der Waals surface area contributed by atoms with Gasteiger partial charge in [-0.2, -0.15) is 0 Å². The number of halogens is 1. The molecular formula is C17H35IN6. The van der Waals surface area contributed by atoms with Crippen LogP contribution in [0.4, 0.5) is 0 Å². The number of hydrogen-bond donors (Lipinski definition) is 2. The summed E-state index contributed by atoms with van der Waals surface area (Å²) < 4.78 is 2.09. The maximum atomic E-state index is 4.62. The predicted molar refractivity (Wildman–Crippen MR) is 112 cm³/mol. The predicted octanol–water partition coefficient (Wildman–Crippen LogP) is 3.23. The maximum absolute atomic E-state index is 4.62. The number of aliphatic imine (C=N–C) groups is 1. The summed E-state index contributed by atoms with van der Waals surface area (Å²) >= 11 is 0. The Morgan fingerprint density at radius 2 is 2.00 bits per heavy atom. The van der Waals surface area contributed by atoms with Gasteiger partial charge in [0.2, 0.25) is 0 Å². The van der Waals surface area contributed by atoms with E-state index >= 15 is 0 Å². The molecule has 24 heavy (non-hydrogen) atoms. The molecule has 1 atom stereocenters. The maximum Gasteiger partial charge on any atom is 0.191 e. The average Bonchev–Trinajstić information content (AvgIpc) is 2.97. The van der Waals surface area contributed by atoms with Crippen LogP contribution in [0.25, 0.3) is 0 Å². The minimum atomic E-state index is 0. The van der Waals surface area contributed by atoms with Gasteiger partial charge in [0, 0.05) is 32.1 Å². The van der Waals surface area contributed by atoms with Gasteiger partial charge >= 0.3 is 0 Å². The molecule has 0 bridgehead atoms. The van der Waals surface area contributed by atoms with E-state index in [2.05, 4.69) is 65.0 Å². The van der Waals surface area contributed by atoms with Crippen LogP contribution in [0.1, 0.15) is 59.7 Å². The molecule has 1 heterocycles. The summed E-state index contributed by atoms with van der Waals surface area (Å²) in [6.07, 6.45) is 6.15. The van der Waals surface area contributed by atoms with Crippen LogP contribution >= 0.6 is 24.0 Å². The topological polar surface area (TPSA) is 67.1 Å². The minimum Gasteiger partial charge on any atom is -0.355 e. The van der Waals surface area contributed by atoms with Crippen LogP contribution in [-0.2, 0) is 13.0 Å².